The Morgan fingerprint density at radius 1 is 1.62 bits per heavy atom. The highest BCUT2D eigenvalue weighted by atomic mass is 32.2. The maximum Gasteiger partial charge on any atom is 0.0437 e. The van der Waals surface area contributed by atoms with Crippen molar-refractivity contribution in [2.24, 2.45) is 5.92 Å². The smallest absolute Gasteiger partial charge is 0.0437 e. The molecule has 0 aromatic rings. The second kappa shape index (κ2) is 1.56. The summed E-state index contributed by atoms with van der Waals surface area (Å²) in [5.41, 5.74) is 0. The number of hydrogen-bond donors (Lipinski definition) is 0. The molecule has 1 heterocycles. The van der Waals surface area contributed by atoms with Gasteiger partial charge in [-0.15, -0.1) is 0 Å². The van der Waals surface area contributed by atoms with Crippen LogP contribution in [0.15, 0.2) is 0 Å². The van der Waals surface area contributed by atoms with E-state index < -0.39 is 10.8 Å². The zero-order valence-electron chi connectivity index (χ0n) is 5.60. The molecule has 0 spiro atoms. The van der Waals surface area contributed by atoms with E-state index in [1.54, 1.807) is 0 Å². The van der Waals surface area contributed by atoms with Gasteiger partial charge in [-0.2, -0.15) is 0 Å². The molecule has 1 fully saturated rings. The highest BCUT2D eigenvalue weighted by molar-refractivity contribution is 7.87. The number of rotatable bonds is 0. The van der Waals surface area contributed by atoms with Crippen molar-refractivity contribution in [3.8, 4) is 0 Å². The van der Waals surface area contributed by atoms with Gasteiger partial charge in [-0.25, -0.2) is 0 Å². The molecule has 0 bridgehead atoms. The van der Waals surface area contributed by atoms with Crippen LogP contribution in [-0.2, 0) is 10.8 Å². The van der Waals surface area contributed by atoms with Crippen LogP contribution >= 0.6 is 0 Å². The molecule has 0 saturated carbocycles. The highest BCUT2D eigenvalue weighted by Crippen LogP contribution is 2.34. The van der Waals surface area contributed by atoms with E-state index in [9.17, 15) is 4.21 Å². The summed E-state index contributed by atoms with van der Waals surface area (Å²) in [5, 5.41) is 0. The van der Waals surface area contributed by atoms with E-state index in [0.29, 0.717) is 5.92 Å². The van der Waals surface area contributed by atoms with Crippen LogP contribution in [0.3, 0.4) is 0 Å². The van der Waals surface area contributed by atoms with Crippen molar-refractivity contribution < 1.29 is 4.21 Å². The zero-order chi connectivity index (χ0) is 6.36. The molecule has 2 atom stereocenters. The molecule has 1 rings (SSSR count). The highest BCUT2D eigenvalue weighted by Gasteiger charge is 2.42. The van der Waals surface area contributed by atoms with E-state index in [0.717, 1.165) is 5.75 Å². The lowest BCUT2D eigenvalue weighted by atomic mass is 9.98. The molecule has 48 valence electrons. The molecule has 2 heteroatoms. The van der Waals surface area contributed by atoms with Gasteiger partial charge in [0.2, 0.25) is 0 Å². The first kappa shape index (κ1) is 6.27. The Balaban J connectivity index is 2.66. The minimum Gasteiger partial charge on any atom is -0.259 e. The lowest BCUT2D eigenvalue weighted by Gasteiger charge is -2.40. The summed E-state index contributed by atoms with van der Waals surface area (Å²) < 4.78 is 11.0. The van der Waals surface area contributed by atoms with Crippen molar-refractivity contribution >= 4 is 10.8 Å². The molecule has 1 aliphatic rings. The van der Waals surface area contributed by atoms with Crippen molar-refractivity contribution in [2.75, 3.05) is 5.75 Å². The van der Waals surface area contributed by atoms with Gasteiger partial charge in [0, 0.05) is 21.3 Å². The van der Waals surface area contributed by atoms with E-state index in [-0.39, 0.29) is 4.75 Å². The molecule has 0 N–H and O–H groups in total. The summed E-state index contributed by atoms with van der Waals surface area (Å²) in [6.07, 6.45) is 0. The Bertz CT molecular complexity index is 128. The fourth-order valence-corrected chi connectivity index (χ4v) is 2.30. The van der Waals surface area contributed by atoms with E-state index in [1.807, 2.05) is 0 Å². The van der Waals surface area contributed by atoms with Crippen LogP contribution < -0.4 is 0 Å². The minimum atomic E-state index is -0.532. The first-order valence-corrected chi connectivity index (χ1v) is 4.25. The van der Waals surface area contributed by atoms with Gasteiger partial charge < -0.3 is 0 Å². The summed E-state index contributed by atoms with van der Waals surface area (Å²) in [4.78, 5) is 0. The SMILES string of the molecule is C[C@H]1CS(=O)C1(C)C. The van der Waals surface area contributed by atoms with Gasteiger partial charge in [-0.1, -0.05) is 6.92 Å². The van der Waals surface area contributed by atoms with Crippen LogP contribution in [0.4, 0.5) is 0 Å². The molecular formula is C6H12OS. The Kier molecular flexibility index (Phi) is 1.23. The first-order chi connectivity index (χ1) is 3.55. The molecule has 1 unspecified atom stereocenters. The quantitative estimate of drug-likeness (QED) is 0.483. The van der Waals surface area contributed by atoms with E-state index >= 15 is 0 Å². The van der Waals surface area contributed by atoms with Crippen LogP contribution in [0.5, 0.6) is 0 Å². The van der Waals surface area contributed by atoms with Crippen LogP contribution in [0, 0.1) is 5.92 Å². The Morgan fingerprint density at radius 3 is 2.12 bits per heavy atom. The molecule has 0 amide bonds. The predicted molar refractivity (Wildman–Crippen MR) is 36.3 cm³/mol. The van der Waals surface area contributed by atoms with E-state index in [2.05, 4.69) is 20.8 Å². The van der Waals surface area contributed by atoms with Crippen LogP contribution in [0.1, 0.15) is 20.8 Å². The monoisotopic (exact) mass is 132 g/mol. The molecule has 0 aliphatic carbocycles. The summed E-state index contributed by atoms with van der Waals surface area (Å²) in [6.45, 7) is 6.29. The maximum atomic E-state index is 10.9. The fraction of sp³-hybridized carbons (Fsp3) is 1.00. The van der Waals surface area contributed by atoms with Crippen LogP contribution in [-0.4, -0.2) is 14.7 Å². The maximum absolute atomic E-state index is 10.9. The topological polar surface area (TPSA) is 17.1 Å². The lowest BCUT2D eigenvalue weighted by molar-refractivity contribution is 0.437. The van der Waals surface area contributed by atoms with Crippen molar-refractivity contribution in [1.82, 2.24) is 0 Å². The third-order valence-corrected chi connectivity index (χ3v) is 4.55. The van der Waals surface area contributed by atoms with Gasteiger partial charge in [-0.05, 0) is 19.8 Å². The first-order valence-electron chi connectivity index (χ1n) is 2.93. The molecular weight excluding hydrogens is 120 g/mol. The fourth-order valence-electron chi connectivity index (χ4n) is 0.768. The van der Waals surface area contributed by atoms with Gasteiger partial charge in [-0.3, -0.25) is 4.21 Å². The van der Waals surface area contributed by atoms with Gasteiger partial charge in [0.05, 0.1) is 0 Å². The Labute approximate surface area is 52.9 Å². The van der Waals surface area contributed by atoms with Crippen LogP contribution in [0.2, 0.25) is 0 Å². The van der Waals surface area contributed by atoms with Gasteiger partial charge in [0.15, 0.2) is 0 Å². The van der Waals surface area contributed by atoms with Crippen LogP contribution in [0.25, 0.3) is 0 Å². The molecule has 0 aromatic heterocycles. The molecule has 0 radical (unpaired) electrons. The Morgan fingerprint density at radius 2 is 2.12 bits per heavy atom. The van der Waals surface area contributed by atoms with E-state index in [1.165, 1.54) is 0 Å². The molecule has 8 heavy (non-hydrogen) atoms. The second-order valence-electron chi connectivity index (χ2n) is 3.02. The minimum absolute atomic E-state index is 0.111. The summed E-state index contributed by atoms with van der Waals surface area (Å²) >= 11 is 0. The average molecular weight is 132 g/mol. The summed E-state index contributed by atoms with van der Waals surface area (Å²) in [6, 6.07) is 0. The largest absolute Gasteiger partial charge is 0.259 e. The van der Waals surface area contributed by atoms with Gasteiger partial charge in [0.25, 0.3) is 0 Å². The summed E-state index contributed by atoms with van der Waals surface area (Å²) in [5.74, 6) is 1.57. The standard InChI is InChI=1S/C6H12OS/c1-5-4-8(7)6(5,2)3/h5H,4H2,1-3H3/t5-,8?/m0/s1. The van der Waals surface area contributed by atoms with Crippen molar-refractivity contribution in [1.29, 1.82) is 0 Å². The summed E-state index contributed by atoms with van der Waals surface area (Å²) in [7, 11) is -0.532. The van der Waals surface area contributed by atoms with Gasteiger partial charge in [0.1, 0.15) is 0 Å². The number of hydrogen-bond acceptors (Lipinski definition) is 1. The zero-order valence-corrected chi connectivity index (χ0v) is 6.42. The molecule has 1 aliphatic heterocycles. The average Bonchev–Trinajstić information content (AvgIpc) is 1.68. The van der Waals surface area contributed by atoms with E-state index in [4.69, 9.17) is 0 Å². The third-order valence-electron chi connectivity index (χ3n) is 2.17. The Hall–Kier alpha value is 0.150. The normalized spacial score (nSPS) is 43.4. The second-order valence-corrected chi connectivity index (χ2v) is 5.09. The molecule has 1 nitrogen and oxygen atoms in total. The van der Waals surface area contributed by atoms with Crippen molar-refractivity contribution in [3.05, 3.63) is 0 Å². The van der Waals surface area contributed by atoms with Crippen molar-refractivity contribution in [2.45, 2.75) is 25.5 Å². The van der Waals surface area contributed by atoms with Gasteiger partial charge >= 0.3 is 0 Å². The molecule has 1 saturated heterocycles. The van der Waals surface area contributed by atoms with Crippen molar-refractivity contribution in [3.63, 3.8) is 0 Å². The molecule has 0 aromatic carbocycles. The third kappa shape index (κ3) is 0.625. The predicted octanol–water partition coefficient (Wildman–Crippen LogP) is 1.16. The lowest BCUT2D eigenvalue weighted by Crippen LogP contribution is -2.49.